The number of aliphatic carboxylic acids is 1. The van der Waals surface area contributed by atoms with E-state index < -0.39 is 12.0 Å². The molecule has 1 heterocycles. The Morgan fingerprint density at radius 3 is 1.95 bits per heavy atom. The molecule has 1 aromatic heterocycles. The summed E-state index contributed by atoms with van der Waals surface area (Å²) in [6, 6.07) is 14.7. The van der Waals surface area contributed by atoms with Crippen molar-refractivity contribution in [3.63, 3.8) is 0 Å². The maximum atomic E-state index is 11.4. The summed E-state index contributed by atoms with van der Waals surface area (Å²) >= 11 is 4.90. The zero-order chi connectivity index (χ0) is 13.4. The van der Waals surface area contributed by atoms with Gasteiger partial charge >= 0.3 is 5.97 Å². The molecule has 3 nitrogen and oxygen atoms in total. The van der Waals surface area contributed by atoms with Crippen LogP contribution in [0.4, 0.5) is 0 Å². The van der Waals surface area contributed by atoms with Crippen molar-refractivity contribution in [1.29, 1.82) is 0 Å². The third-order valence-corrected chi connectivity index (χ3v) is 3.54. The lowest BCUT2D eigenvalue weighted by Crippen LogP contribution is -2.19. The highest BCUT2D eigenvalue weighted by atomic mass is 32.1. The zero-order valence-corrected chi connectivity index (χ0v) is 10.8. The van der Waals surface area contributed by atoms with E-state index >= 15 is 0 Å². The Bertz CT molecular complexity index is 738. The van der Waals surface area contributed by atoms with Crippen molar-refractivity contribution in [3.05, 3.63) is 48.5 Å². The van der Waals surface area contributed by atoms with Gasteiger partial charge in [0.2, 0.25) is 0 Å². The first-order valence-electron chi connectivity index (χ1n) is 5.90. The number of carbonyl (C=O) groups is 1. The second kappa shape index (κ2) is 4.48. The van der Waals surface area contributed by atoms with Gasteiger partial charge in [0, 0.05) is 16.1 Å². The number of carboxylic acids is 1. The van der Waals surface area contributed by atoms with Gasteiger partial charge in [0.1, 0.15) is 0 Å². The number of thiocarbonyl (C=S) groups is 1. The fourth-order valence-electron chi connectivity index (χ4n) is 2.48. The number of aromatic nitrogens is 1. The summed E-state index contributed by atoms with van der Waals surface area (Å²) in [4.78, 5) is 11.4. The van der Waals surface area contributed by atoms with Gasteiger partial charge in [0.05, 0.1) is 11.0 Å². The first kappa shape index (κ1) is 11.9. The summed E-state index contributed by atoms with van der Waals surface area (Å²) in [5, 5.41) is 12.7. The molecule has 1 unspecified atom stereocenters. The molecule has 0 amide bonds. The predicted octanol–water partition coefficient (Wildman–Crippen LogP) is 3.42. The molecule has 94 valence electrons. The fourth-order valence-corrected chi connectivity index (χ4v) is 2.72. The Morgan fingerprint density at radius 2 is 1.53 bits per heavy atom. The van der Waals surface area contributed by atoms with Crippen LogP contribution in [0, 0.1) is 0 Å². The Hall–Kier alpha value is -2.20. The number of hydrogen-bond donors (Lipinski definition) is 1. The topological polar surface area (TPSA) is 42.2 Å². The Kier molecular flexibility index (Phi) is 2.80. The molecule has 0 fully saturated rings. The van der Waals surface area contributed by atoms with Crippen LogP contribution < -0.4 is 0 Å². The van der Waals surface area contributed by atoms with E-state index in [9.17, 15) is 9.90 Å². The number of hydrogen-bond acceptors (Lipinski definition) is 2. The average Bonchev–Trinajstić information content (AvgIpc) is 2.75. The lowest BCUT2D eigenvalue weighted by molar-refractivity contribution is -0.138. The molecule has 0 aliphatic heterocycles. The van der Waals surface area contributed by atoms with Crippen LogP contribution >= 0.6 is 12.2 Å². The van der Waals surface area contributed by atoms with E-state index in [0.717, 1.165) is 21.8 Å². The molecule has 0 saturated carbocycles. The Balaban J connectivity index is 2.49. The van der Waals surface area contributed by atoms with Crippen molar-refractivity contribution in [3.8, 4) is 0 Å². The maximum Gasteiger partial charge on any atom is 0.331 e. The number of carboxylic acid groups (broad SMARTS) is 1. The summed E-state index contributed by atoms with van der Waals surface area (Å²) in [5.74, 6) is -0.943. The van der Waals surface area contributed by atoms with Crippen LogP contribution in [0.25, 0.3) is 21.8 Å². The van der Waals surface area contributed by atoms with Crippen molar-refractivity contribution < 1.29 is 9.90 Å². The van der Waals surface area contributed by atoms with Crippen LogP contribution in [0.15, 0.2) is 48.5 Å². The van der Waals surface area contributed by atoms with E-state index in [1.54, 1.807) is 4.57 Å². The lowest BCUT2D eigenvalue weighted by atomic mass is 10.2. The number of benzene rings is 2. The standard InChI is InChI=1S/C15H11NO2S/c17-15(18)14(9-19)16-12-7-3-1-5-10(12)11-6-2-4-8-13(11)16/h1-9,14H,(H,17,18). The maximum absolute atomic E-state index is 11.4. The normalized spacial score (nSPS) is 12.6. The molecule has 3 rings (SSSR count). The number of fused-ring (bicyclic) bond motifs is 3. The van der Waals surface area contributed by atoms with Gasteiger partial charge in [-0.25, -0.2) is 4.79 Å². The molecule has 0 radical (unpaired) electrons. The Labute approximate surface area is 115 Å². The first-order valence-corrected chi connectivity index (χ1v) is 6.37. The SMILES string of the molecule is O=C(O)C(C=S)n1c2ccccc2c2ccccc21. The predicted molar refractivity (Wildman–Crippen MR) is 79.8 cm³/mol. The van der Waals surface area contributed by atoms with Crippen LogP contribution in [0.3, 0.4) is 0 Å². The summed E-state index contributed by atoms with van der Waals surface area (Å²) in [7, 11) is 0. The highest BCUT2D eigenvalue weighted by molar-refractivity contribution is 7.79. The molecule has 2 aromatic carbocycles. The summed E-state index contributed by atoms with van der Waals surface area (Å²) < 4.78 is 1.78. The highest BCUT2D eigenvalue weighted by Crippen LogP contribution is 2.31. The van der Waals surface area contributed by atoms with Crippen molar-refractivity contribution in [2.24, 2.45) is 0 Å². The van der Waals surface area contributed by atoms with Crippen LogP contribution in [0.2, 0.25) is 0 Å². The lowest BCUT2D eigenvalue weighted by Gasteiger charge is -2.12. The van der Waals surface area contributed by atoms with E-state index in [1.165, 1.54) is 5.37 Å². The minimum absolute atomic E-state index is 0.834. The van der Waals surface area contributed by atoms with Gasteiger partial charge in [-0.15, -0.1) is 0 Å². The van der Waals surface area contributed by atoms with Gasteiger partial charge in [-0.2, -0.15) is 0 Å². The van der Waals surface area contributed by atoms with Crippen LogP contribution in [0.5, 0.6) is 0 Å². The summed E-state index contributed by atoms with van der Waals surface area (Å²) in [5.41, 5.74) is 1.77. The van der Waals surface area contributed by atoms with E-state index in [4.69, 9.17) is 12.2 Å². The molecule has 3 aromatic rings. The van der Waals surface area contributed by atoms with E-state index in [-0.39, 0.29) is 0 Å². The number of nitrogens with zero attached hydrogens (tertiary/aromatic N) is 1. The summed E-state index contributed by atoms with van der Waals surface area (Å²) in [6.07, 6.45) is 0. The largest absolute Gasteiger partial charge is 0.479 e. The third-order valence-electron chi connectivity index (χ3n) is 3.28. The number of para-hydroxylation sites is 2. The van der Waals surface area contributed by atoms with Gasteiger partial charge in [0.15, 0.2) is 6.04 Å². The van der Waals surface area contributed by atoms with Gasteiger partial charge in [-0.3, -0.25) is 0 Å². The van der Waals surface area contributed by atoms with Crippen LogP contribution in [0.1, 0.15) is 6.04 Å². The van der Waals surface area contributed by atoms with Crippen molar-refractivity contribution in [2.45, 2.75) is 6.04 Å². The molecule has 1 N–H and O–H groups in total. The van der Waals surface area contributed by atoms with Gasteiger partial charge in [-0.05, 0) is 12.1 Å². The quantitative estimate of drug-likeness (QED) is 0.741. The second-order valence-corrected chi connectivity index (χ2v) is 4.60. The first-order chi connectivity index (χ1) is 9.24. The van der Waals surface area contributed by atoms with Crippen molar-refractivity contribution >= 4 is 45.4 Å². The molecule has 0 spiro atoms. The van der Waals surface area contributed by atoms with E-state index in [1.807, 2.05) is 48.5 Å². The average molecular weight is 269 g/mol. The molecular weight excluding hydrogens is 258 g/mol. The molecular formula is C15H11NO2S. The van der Waals surface area contributed by atoms with Gasteiger partial charge < -0.3 is 9.67 Å². The van der Waals surface area contributed by atoms with Crippen LogP contribution in [-0.4, -0.2) is 21.0 Å². The second-order valence-electron chi connectivity index (χ2n) is 4.32. The van der Waals surface area contributed by atoms with Gasteiger partial charge in [-0.1, -0.05) is 48.6 Å². The molecule has 19 heavy (non-hydrogen) atoms. The zero-order valence-electron chi connectivity index (χ0n) is 9.98. The van der Waals surface area contributed by atoms with Crippen molar-refractivity contribution in [1.82, 2.24) is 4.57 Å². The van der Waals surface area contributed by atoms with Crippen molar-refractivity contribution in [2.75, 3.05) is 0 Å². The highest BCUT2D eigenvalue weighted by Gasteiger charge is 2.21. The molecule has 1 atom stereocenters. The van der Waals surface area contributed by atoms with E-state index in [0.29, 0.717) is 0 Å². The molecule has 4 heteroatoms. The summed E-state index contributed by atoms with van der Waals surface area (Å²) in [6.45, 7) is 0. The fraction of sp³-hybridized carbons (Fsp3) is 0.0667. The molecule has 0 aliphatic rings. The Morgan fingerprint density at radius 1 is 1.05 bits per heavy atom. The van der Waals surface area contributed by atoms with Crippen LogP contribution in [-0.2, 0) is 4.79 Å². The monoisotopic (exact) mass is 269 g/mol. The molecule has 0 bridgehead atoms. The van der Waals surface area contributed by atoms with Gasteiger partial charge in [0.25, 0.3) is 0 Å². The number of rotatable bonds is 3. The third kappa shape index (κ3) is 1.72. The molecule has 0 aliphatic carbocycles. The minimum Gasteiger partial charge on any atom is -0.479 e. The van der Waals surface area contributed by atoms with E-state index in [2.05, 4.69) is 0 Å². The minimum atomic E-state index is -0.943. The smallest absolute Gasteiger partial charge is 0.331 e. The molecule has 0 saturated heterocycles.